The molecule has 0 fully saturated rings. The van der Waals surface area contributed by atoms with Crippen LogP contribution in [0.5, 0.6) is 0 Å². The molecule has 6 N–H and O–H groups in total. The summed E-state index contributed by atoms with van der Waals surface area (Å²) < 4.78 is 0. The Bertz CT molecular complexity index is 402. The molecule has 3 radical (unpaired) electrons. The van der Waals surface area contributed by atoms with Gasteiger partial charge in [-0.1, -0.05) is 0 Å². The number of carboxylic acids is 2. The fourth-order valence-electron chi connectivity index (χ4n) is 1.16. The maximum atomic E-state index is 11.5. The van der Waals surface area contributed by atoms with Gasteiger partial charge in [0.25, 0.3) is 0 Å². The van der Waals surface area contributed by atoms with Crippen LogP contribution in [0.15, 0.2) is 0 Å². The summed E-state index contributed by atoms with van der Waals surface area (Å²) in [6.07, 6.45) is -0.235. The summed E-state index contributed by atoms with van der Waals surface area (Å²) in [6, 6.07) is -2.15. The van der Waals surface area contributed by atoms with Gasteiger partial charge in [0.15, 0.2) is 0 Å². The third kappa shape index (κ3) is 15.0. The summed E-state index contributed by atoms with van der Waals surface area (Å²) in [4.78, 5) is 43.7. The normalized spacial score (nSPS) is 11.4. The van der Waals surface area contributed by atoms with Crippen molar-refractivity contribution in [3.8, 4) is 0 Å². The number of hydrogen-bond donors (Lipinski definition) is 6. The number of carboxylic acid groups (broad SMARTS) is 2. The zero-order valence-electron chi connectivity index (χ0n) is 11.7. The van der Waals surface area contributed by atoms with Gasteiger partial charge in [-0.3, -0.25) is 19.2 Å². The predicted octanol–water partition coefficient (Wildman–Crippen LogP) is -2.21. The number of hydrogen-bond acceptors (Lipinski definition) is 6. The van der Waals surface area contributed by atoms with E-state index in [9.17, 15) is 19.2 Å². The number of aliphatic carboxylic acids is 2. The molecule has 0 aromatic carbocycles. The second-order valence-corrected chi connectivity index (χ2v) is 4.26. The van der Waals surface area contributed by atoms with Crippen molar-refractivity contribution >= 4 is 36.4 Å². The van der Waals surface area contributed by atoms with Crippen molar-refractivity contribution in [2.45, 2.75) is 24.9 Å². The van der Waals surface area contributed by atoms with E-state index < -0.39 is 42.4 Å². The molecule has 0 bridgehead atoms. The molecule has 0 spiro atoms. The molecular formula is C10H17Mn3N3O6S. The van der Waals surface area contributed by atoms with Gasteiger partial charge in [-0.15, -0.1) is 0 Å². The van der Waals surface area contributed by atoms with Gasteiger partial charge in [-0.2, -0.15) is 12.6 Å². The zero-order chi connectivity index (χ0) is 15.7. The Kier molecular flexibility index (Phi) is 22.1. The molecule has 0 saturated heterocycles. The molecule has 2 atom stereocenters. The van der Waals surface area contributed by atoms with Gasteiger partial charge in [0, 0.05) is 63.4 Å². The second kappa shape index (κ2) is 16.6. The summed E-state index contributed by atoms with van der Waals surface area (Å²) in [6.45, 7) is -0.567. The standard InChI is InChI=1S/C10H17N3O6S.3Mn/c11-5(10(18)19)1-2-7(14)13-6(4-20)9(17)12-3-8(15)16;;;/h5-6,20H,1-4,11H2,(H,12,17)(H,13,14)(H,15,16)(H,18,19);;;. The van der Waals surface area contributed by atoms with E-state index in [4.69, 9.17) is 15.9 Å². The molecule has 0 rings (SSSR count). The van der Waals surface area contributed by atoms with Crippen molar-refractivity contribution in [1.29, 1.82) is 0 Å². The van der Waals surface area contributed by atoms with E-state index in [0.717, 1.165) is 0 Å². The van der Waals surface area contributed by atoms with Crippen molar-refractivity contribution in [3.05, 3.63) is 0 Å². The zero-order valence-corrected chi connectivity index (χ0v) is 16.1. The van der Waals surface area contributed by atoms with Crippen LogP contribution in [0.1, 0.15) is 12.8 Å². The van der Waals surface area contributed by atoms with Crippen molar-refractivity contribution in [3.63, 3.8) is 0 Å². The van der Waals surface area contributed by atoms with Crippen molar-refractivity contribution in [2.75, 3.05) is 12.3 Å². The summed E-state index contributed by atoms with van der Waals surface area (Å²) in [5.41, 5.74) is 5.23. The Hall–Kier alpha value is -0.252. The van der Waals surface area contributed by atoms with Crippen LogP contribution < -0.4 is 16.4 Å². The number of nitrogens with one attached hydrogen (secondary N) is 2. The quantitative estimate of drug-likeness (QED) is 0.164. The van der Waals surface area contributed by atoms with Crippen LogP contribution in [-0.2, 0) is 70.4 Å². The van der Waals surface area contributed by atoms with Gasteiger partial charge in [-0.05, 0) is 6.42 Å². The Balaban J connectivity index is -0.000000602. The molecule has 0 aliphatic rings. The number of amides is 2. The summed E-state index contributed by atoms with van der Waals surface area (Å²) in [5, 5.41) is 21.4. The molecule has 13 heteroatoms. The van der Waals surface area contributed by atoms with E-state index in [-0.39, 0.29) is 69.8 Å². The third-order valence-electron chi connectivity index (χ3n) is 2.25. The van der Waals surface area contributed by atoms with Crippen LogP contribution in [0.2, 0.25) is 0 Å². The van der Waals surface area contributed by atoms with Crippen LogP contribution in [0.3, 0.4) is 0 Å². The van der Waals surface area contributed by atoms with E-state index in [2.05, 4.69) is 23.3 Å². The molecule has 0 aromatic rings. The van der Waals surface area contributed by atoms with Crippen LogP contribution in [0.25, 0.3) is 0 Å². The first kappa shape index (κ1) is 30.6. The molecule has 0 heterocycles. The second-order valence-electron chi connectivity index (χ2n) is 3.90. The molecular weight excluding hydrogens is 455 g/mol. The Morgan fingerprint density at radius 3 is 2.00 bits per heavy atom. The first-order chi connectivity index (χ1) is 9.27. The van der Waals surface area contributed by atoms with Crippen LogP contribution in [-0.4, -0.2) is 58.3 Å². The molecule has 0 aliphatic carbocycles. The molecule has 0 aromatic heterocycles. The Morgan fingerprint density at radius 2 is 1.61 bits per heavy atom. The number of rotatable bonds is 9. The van der Waals surface area contributed by atoms with Gasteiger partial charge in [0.1, 0.15) is 18.6 Å². The van der Waals surface area contributed by atoms with Crippen molar-refractivity contribution < 1.29 is 80.6 Å². The largest absolute Gasteiger partial charge is 0.480 e. The minimum atomic E-state index is -1.22. The Labute approximate surface area is 170 Å². The summed E-state index contributed by atoms with van der Waals surface area (Å²) >= 11 is 3.87. The summed E-state index contributed by atoms with van der Waals surface area (Å²) in [7, 11) is 0. The average molecular weight is 472 g/mol. The molecule has 2 unspecified atom stereocenters. The molecule has 2 amide bonds. The fourth-order valence-corrected chi connectivity index (χ4v) is 1.41. The SMILES string of the molecule is NC(CCC(=O)NC(CS)C(=O)NCC(=O)O)C(=O)O.[Mn].[Mn].[Mn]. The maximum absolute atomic E-state index is 11.5. The van der Waals surface area contributed by atoms with E-state index in [1.807, 2.05) is 0 Å². The summed E-state index contributed by atoms with van der Waals surface area (Å²) in [5.74, 6) is -3.70. The first-order valence-electron chi connectivity index (χ1n) is 5.66. The minimum absolute atomic E-state index is 0. The van der Waals surface area contributed by atoms with E-state index >= 15 is 0 Å². The number of nitrogens with two attached hydrogens (primary N) is 1. The monoisotopic (exact) mass is 472 g/mol. The predicted molar refractivity (Wildman–Crippen MR) is 71.3 cm³/mol. The van der Waals surface area contributed by atoms with E-state index in [1.54, 1.807) is 0 Å². The molecule has 23 heavy (non-hydrogen) atoms. The maximum Gasteiger partial charge on any atom is 0.322 e. The van der Waals surface area contributed by atoms with Gasteiger partial charge in [0.05, 0.1) is 0 Å². The number of carbonyl (C=O) groups is 4. The van der Waals surface area contributed by atoms with Gasteiger partial charge in [0.2, 0.25) is 11.8 Å². The van der Waals surface area contributed by atoms with Crippen molar-refractivity contribution in [1.82, 2.24) is 10.6 Å². The van der Waals surface area contributed by atoms with Crippen LogP contribution >= 0.6 is 12.6 Å². The minimum Gasteiger partial charge on any atom is -0.480 e. The smallest absolute Gasteiger partial charge is 0.322 e. The number of thiol groups is 1. The third-order valence-corrected chi connectivity index (χ3v) is 2.61. The fraction of sp³-hybridized carbons (Fsp3) is 0.600. The van der Waals surface area contributed by atoms with Crippen LogP contribution in [0, 0.1) is 0 Å². The molecule has 0 saturated carbocycles. The van der Waals surface area contributed by atoms with Gasteiger partial charge >= 0.3 is 11.9 Å². The average Bonchev–Trinajstić information content (AvgIpc) is 2.38. The van der Waals surface area contributed by atoms with Crippen LogP contribution in [0.4, 0.5) is 0 Å². The van der Waals surface area contributed by atoms with E-state index in [1.165, 1.54) is 0 Å². The first-order valence-corrected chi connectivity index (χ1v) is 6.29. The molecule has 135 valence electrons. The molecule has 9 nitrogen and oxygen atoms in total. The molecule has 0 aliphatic heterocycles. The van der Waals surface area contributed by atoms with E-state index in [0.29, 0.717) is 0 Å². The Morgan fingerprint density at radius 1 is 1.09 bits per heavy atom. The van der Waals surface area contributed by atoms with Gasteiger partial charge < -0.3 is 26.6 Å². The van der Waals surface area contributed by atoms with Crippen molar-refractivity contribution in [2.24, 2.45) is 5.73 Å². The van der Waals surface area contributed by atoms with Gasteiger partial charge in [-0.25, -0.2) is 0 Å². The number of carbonyl (C=O) groups excluding carboxylic acids is 2. The topological polar surface area (TPSA) is 159 Å².